The second-order valence-corrected chi connectivity index (χ2v) is 5.49. The van der Waals surface area contributed by atoms with Crippen molar-refractivity contribution in [2.75, 3.05) is 5.32 Å². The van der Waals surface area contributed by atoms with Gasteiger partial charge in [0.2, 0.25) is 0 Å². The van der Waals surface area contributed by atoms with Crippen LogP contribution in [0.15, 0.2) is 53.0 Å². The molecule has 0 saturated heterocycles. The van der Waals surface area contributed by atoms with E-state index in [0.717, 1.165) is 4.47 Å². The Morgan fingerprint density at radius 3 is 2.45 bits per heavy atom. The molecule has 0 aliphatic carbocycles. The van der Waals surface area contributed by atoms with Crippen LogP contribution in [-0.2, 0) is 10.3 Å². The molecule has 2 N–H and O–H groups in total. The number of rotatable bonds is 4. The van der Waals surface area contributed by atoms with Crippen LogP contribution in [-0.4, -0.2) is 11.1 Å². The minimum absolute atomic E-state index is 0.415. The quantitative estimate of drug-likeness (QED) is 0.886. The van der Waals surface area contributed by atoms with E-state index < -0.39 is 17.3 Å². The van der Waals surface area contributed by atoms with Crippen LogP contribution in [0.1, 0.15) is 12.5 Å². The Balaban J connectivity index is 2.39. The van der Waals surface area contributed by atoms with Crippen LogP contribution in [0.25, 0.3) is 0 Å². The van der Waals surface area contributed by atoms with Crippen LogP contribution in [0.2, 0.25) is 0 Å². The summed E-state index contributed by atoms with van der Waals surface area (Å²) in [6, 6.07) is 12.7. The van der Waals surface area contributed by atoms with Crippen molar-refractivity contribution in [1.82, 2.24) is 0 Å². The van der Waals surface area contributed by atoms with Gasteiger partial charge in [-0.05, 0) is 42.8 Å². The molecule has 0 spiro atoms. The lowest BCUT2D eigenvalue weighted by Gasteiger charge is -2.28. The third-order valence-corrected chi connectivity index (χ3v) is 3.60. The van der Waals surface area contributed by atoms with Gasteiger partial charge in [-0.2, -0.15) is 0 Å². The predicted molar refractivity (Wildman–Crippen MR) is 79.2 cm³/mol. The lowest BCUT2D eigenvalue weighted by molar-refractivity contribution is -0.142. The van der Waals surface area contributed by atoms with Crippen molar-refractivity contribution >= 4 is 27.6 Å². The number of anilines is 1. The second kappa shape index (κ2) is 5.63. The highest BCUT2D eigenvalue weighted by molar-refractivity contribution is 9.10. The molecule has 2 rings (SSSR count). The van der Waals surface area contributed by atoms with Gasteiger partial charge in [-0.1, -0.05) is 34.1 Å². The number of carboxylic acid groups (broad SMARTS) is 1. The smallest absolute Gasteiger partial charge is 0.333 e. The molecule has 0 amide bonds. The molecule has 0 saturated carbocycles. The first kappa shape index (κ1) is 14.5. The number of carboxylic acids is 1. The van der Waals surface area contributed by atoms with E-state index in [1.165, 1.54) is 18.2 Å². The molecule has 0 radical (unpaired) electrons. The van der Waals surface area contributed by atoms with Crippen molar-refractivity contribution in [3.8, 4) is 0 Å². The summed E-state index contributed by atoms with van der Waals surface area (Å²) in [7, 11) is 0. The van der Waals surface area contributed by atoms with Crippen LogP contribution in [0, 0.1) is 5.82 Å². The van der Waals surface area contributed by atoms with E-state index in [-0.39, 0.29) is 0 Å². The fraction of sp³-hybridized carbons (Fsp3) is 0.133. The van der Waals surface area contributed by atoms with E-state index in [1.807, 2.05) is 0 Å². The van der Waals surface area contributed by atoms with Crippen molar-refractivity contribution in [3.63, 3.8) is 0 Å². The molecular weight excluding hydrogens is 325 g/mol. The number of aliphatic carboxylic acids is 1. The van der Waals surface area contributed by atoms with Gasteiger partial charge in [0.15, 0.2) is 5.54 Å². The maximum Gasteiger partial charge on any atom is 0.333 e. The normalized spacial score (nSPS) is 13.6. The number of carbonyl (C=O) groups is 1. The van der Waals surface area contributed by atoms with E-state index in [4.69, 9.17) is 0 Å². The number of hydrogen-bond donors (Lipinski definition) is 2. The van der Waals surface area contributed by atoms with E-state index in [2.05, 4.69) is 21.2 Å². The van der Waals surface area contributed by atoms with Gasteiger partial charge < -0.3 is 10.4 Å². The molecule has 0 aromatic heterocycles. The highest BCUT2D eigenvalue weighted by Gasteiger charge is 2.35. The molecule has 0 bridgehead atoms. The van der Waals surface area contributed by atoms with Crippen LogP contribution in [0.3, 0.4) is 0 Å². The molecule has 5 heteroatoms. The molecule has 2 aromatic carbocycles. The van der Waals surface area contributed by atoms with Gasteiger partial charge in [0, 0.05) is 10.2 Å². The summed E-state index contributed by atoms with van der Waals surface area (Å²) in [4.78, 5) is 11.6. The SMILES string of the molecule is CC(Nc1cccc(F)c1)(C(=O)O)c1ccc(Br)cc1. The summed E-state index contributed by atoms with van der Waals surface area (Å²) >= 11 is 3.31. The van der Waals surface area contributed by atoms with Crippen LogP contribution in [0.4, 0.5) is 10.1 Å². The van der Waals surface area contributed by atoms with Crippen molar-refractivity contribution in [1.29, 1.82) is 0 Å². The van der Waals surface area contributed by atoms with Gasteiger partial charge in [-0.3, -0.25) is 0 Å². The van der Waals surface area contributed by atoms with Gasteiger partial charge in [0.05, 0.1) is 0 Å². The van der Waals surface area contributed by atoms with Crippen molar-refractivity contribution in [2.24, 2.45) is 0 Å². The standard InChI is InChI=1S/C15H13BrFNO2/c1-15(14(19)20,10-5-7-11(16)8-6-10)18-13-4-2-3-12(17)9-13/h2-9,18H,1H3,(H,19,20). The van der Waals surface area contributed by atoms with E-state index in [9.17, 15) is 14.3 Å². The Kier molecular flexibility index (Phi) is 4.09. The predicted octanol–water partition coefficient (Wildman–Crippen LogP) is 4.00. The number of benzene rings is 2. The van der Waals surface area contributed by atoms with Crippen molar-refractivity contribution in [2.45, 2.75) is 12.5 Å². The van der Waals surface area contributed by atoms with Crippen molar-refractivity contribution in [3.05, 3.63) is 64.4 Å². The summed E-state index contributed by atoms with van der Waals surface area (Å²) in [6.45, 7) is 1.55. The van der Waals surface area contributed by atoms with E-state index >= 15 is 0 Å². The first-order valence-electron chi connectivity index (χ1n) is 5.95. The maximum atomic E-state index is 13.2. The highest BCUT2D eigenvalue weighted by atomic mass is 79.9. The van der Waals surface area contributed by atoms with Gasteiger partial charge in [0.25, 0.3) is 0 Å². The topological polar surface area (TPSA) is 49.3 Å². The zero-order chi connectivity index (χ0) is 14.8. The summed E-state index contributed by atoms with van der Waals surface area (Å²) in [5.41, 5.74) is -0.343. The van der Waals surface area contributed by atoms with Gasteiger partial charge in [0.1, 0.15) is 5.82 Å². The van der Waals surface area contributed by atoms with E-state index in [1.54, 1.807) is 37.3 Å². The Bertz CT molecular complexity index is 630. The average Bonchev–Trinajstić information content (AvgIpc) is 2.39. The third kappa shape index (κ3) is 2.99. The van der Waals surface area contributed by atoms with Crippen LogP contribution >= 0.6 is 15.9 Å². The second-order valence-electron chi connectivity index (χ2n) is 4.57. The molecule has 20 heavy (non-hydrogen) atoms. The lowest BCUT2D eigenvalue weighted by atomic mass is 9.91. The molecule has 0 aliphatic rings. The molecular formula is C15H13BrFNO2. The Morgan fingerprint density at radius 2 is 1.90 bits per heavy atom. The van der Waals surface area contributed by atoms with Gasteiger partial charge in [-0.25, -0.2) is 9.18 Å². The van der Waals surface area contributed by atoms with Gasteiger partial charge in [-0.15, -0.1) is 0 Å². The number of hydrogen-bond acceptors (Lipinski definition) is 2. The Hall–Kier alpha value is -1.88. The summed E-state index contributed by atoms with van der Waals surface area (Å²) < 4.78 is 14.1. The zero-order valence-electron chi connectivity index (χ0n) is 10.7. The maximum absolute atomic E-state index is 13.2. The molecule has 0 aliphatic heterocycles. The molecule has 0 fully saturated rings. The minimum atomic E-state index is -1.34. The van der Waals surface area contributed by atoms with Gasteiger partial charge >= 0.3 is 5.97 Å². The molecule has 104 valence electrons. The van der Waals surface area contributed by atoms with Crippen LogP contribution in [0.5, 0.6) is 0 Å². The Labute approximate surface area is 124 Å². The monoisotopic (exact) mass is 337 g/mol. The summed E-state index contributed by atoms with van der Waals surface area (Å²) in [5.74, 6) is -1.46. The first-order chi connectivity index (χ1) is 9.41. The minimum Gasteiger partial charge on any atom is -0.479 e. The zero-order valence-corrected chi connectivity index (χ0v) is 12.3. The summed E-state index contributed by atoms with van der Waals surface area (Å²) in [5, 5.41) is 12.4. The Morgan fingerprint density at radius 1 is 1.25 bits per heavy atom. The molecule has 2 aromatic rings. The fourth-order valence-corrected chi connectivity index (χ4v) is 2.15. The molecule has 1 atom stereocenters. The molecule has 1 unspecified atom stereocenters. The first-order valence-corrected chi connectivity index (χ1v) is 6.74. The van der Waals surface area contributed by atoms with E-state index in [0.29, 0.717) is 11.3 Å². The largest absolute Gasteiger partial charge is 0.479 e. The summed E-state index contributed by atoms with van der Waals surface area (Å²) in [6.07, 6.45) is 0. The van der Waals surface area contributed by atoms with Crippen LogP contribution < -0.4 is 5.32 Å². The highest BCUT2D eigenvalue weighted by Crippen LogP contribution is 2.28. The average molecular weight is 338 g/mol. The lowest BCUT2D eigenvalue weighted by Crippen LogP contribution is -2.40. The molecule has 0 heterocycles. The van der Waals surface area contributed by atoms with Crippen molar-refractivity contribution < 1.29 is 14.3 Å². The number of halogens is 2. The molecule has 3 nitrogen and oxygen atoms in total. The fourth-order valence-electron chi connectivity index (χ4n) is 1.89. The third-order valence-electron chi connectivity index (χ3n) is 3.07. The number of nitrogens with one attached hydrogen (secondary N) is 1.